The first kappa shape index (κ1) is 16.3. The fourth-order valence-electron chi connectivity index (χ4n) is 2.32. The van der Waals surface area contributed by atoms with Crippen LogP contribution in [0, 0.1) is 0 Å². The monoisotopic (exact) mass is 315 g/mol. The Hall–Kier alpha value is -2.03. The van der Waals surface area contributed by atoms with Gasteiger partial charge in [-0.15, -0.1) is 4.74 Å². The van der Waals surface area contributed by atoms with Gasteiger partial charge >= 0.3 is 17.5 Å². The molecule has 1 N–H and O–H groups in total. The van der Waals surface area contributed by atoms with Crippen LogP contribution in [-0.2, 0) is 16.0 Å². The molecule has 9 heteroatoms. The molecule has 0 unspecified atom stereocenters. The molecule has 1 aromatic rings. The number of nitrogens with one attached hydrogen (secondary N) is 1. The molecule has 1 saturated heterocycles. The maximum atomic E-state index is 12.4. The largest absolute Gasteiger partial charge is 0.444 e. The molecule has 1 aliphatic rings. The van der Waals surface area contributed by atoms with Gasteiger partial charge in [-0.25, -0.2) is 19.4 Å². The smallest absolute Gasteiger partial charge is 0.440 e. The Bertz CT molecular complexity index is 662. The summed E-state index contributed by atoms with van der Waals surface area (Å²) in [5.41, 5.74) is -2.20. The lowest BCUT2D eigenvalue weighted by Gasteiger charge is -2.34. The predicted molar refractivity (Wildman–Crippen MR) is 75.5 cm³/mol. The van der Waals surface area contributed by atoms with E-state index in [9.17, 15) is 14.4 Å². The second kappa shape index (κ2) is 5.31. The summed E-state index contributed by atoms with van der Waals surface area (Å²) in [7, 11) is 0. The van der Waals surface area contributed by atoms with Crippen LogP contribution in [0.2, 0.25) is 0 Å². The fraction of sp³-hybridized carbons (Fsp3) is 0.769. The number of hydrogen-bond donors (Lipinski definition) is 1. The zero-order valence-corrected chi connectivity index (χ0v) is 13.3. The van der Waals surface area contributed by atoms with Crippen LogP contribution < -0.4 is 11.4 Å². The Balaban J connectivity index is 2.23. The molecule has 22 heavy (non-hydrogen) atoms. The molecule has 9 nitrogen and oxygen atoms in total. The zero-order valence-electron chi connectivity index (χ0n) is 13.3. The zero-order chi connectivity index (χ0) is 16.7. The molecule has 0 spiro atoms. The fourth-order valence-corrected chi connectivity index (χ4v) is 2.32. The molecule has 0 aromatic carbocycles. The molecule has 1 fully saturated rings. The Morgan fingerprint density at radius 3 is 2.55 bits per heavy atom. The molecule has 1 aliphatic heterocycles. The molecule has 2 rings (SSSR count). The second-order valence-corrected chi connectivity index (χ2v) is 6.63. The second-order valence-electron chi connectivity index (χ2n) is 6.63. The van der Waals surface area contributed by atoms with Crippen LogP contribution in [-0.4, -0.2) is 44.7 Å². The standard InChI is InChI=1S/C13H21N3O6/c1-12(2,3)21-11(19)16-8(7-20-13(16,4)5)6-15-9(17)14-10(18)22-15/h8H,6-7H2,1-5H3,(H,14,17,18)/t8-/m1/s1. The highest BCUT2D eigenvalue weighted by Crippen LogP contribution is 2.29. The van der Waals surface area contributed by atoms with E-state index >= 15 is 0 Å². The number of aromatic amines is 1. The van der Waals surface area contributed by atoms with Gasteiger partial charge in [0.05, 0.1) is 19.2 Å². The van der Waals surface area contributed by atoms with E-state index in [-0.39, 0.29) is 13.2 Å². The van der Waals surface area contributed by atoms with Gasteiger partial charge in [0.1, 0.15) is 11.3 Å². The third-order valence-electron chi connectivity index (χ3n) is 3.17. The van der Waals surface area contributed by atoms with Crippen LogP contribution in [0.4, 0.5) is 4.79 Å². The van der Waals surface area contributed by atoms with E-state index < -0.39 is 34.9 Å². The summed E-state index contributed by atoms with van der Waals surface area (Å²) >= 11 is 0. The molecule has 0 bridgehead atoms. The van der Waals surface area contributed by atoms with Crippen molar-refractivity contribution in [2.75, 3.05) is 6.61 Å². The SMILES string of the molecule is CC(C)(C)OC(=O)N1[C@H](Cn2oc(=O)[nH]c2=O)COC1(C)C. The van der Waals surface area contributed by atoms with Crippen molar-refractivity contribution in [3.8, 4) is 0 Å². The first-order chi connectivity index (χ1) is 9.99. The number of carbonyl (C=O) groups is 1. The maximum absolute atomic E-state index is 12.4. The molecule has 1 aromatic heterocycles. The highest BCUT2D eigenvalue weighted by molar-refractivity contribution is 5.69. The van der Waals surface area contributed by atoms with E-state index in [4.69, 9.17) is 14.0 Å². The van der Waals surface area contributed by atoms with Crippen molar-refractivity contribution in [2.45, 2.75) is 58.5 Å². The molecule has 0 aliphatic carbocycles. The van der Waals surface area contributed by atoms with Crippen molar-refractivity contribution in [2.24, 2.45) is 0 Å². The third-order valence-corrected chi connectivity index (χ3v) is 3.17. The highest BCUT2D eigenvalue weighted by atomic mass is 16.6. The van der Waals surface area contributed by atoms with Crippen LogP contribution >= 0.6 is 0 Å². The van der Waals surface area contributed by atoms with Crippen molar-refractivity contribution in [3.63, 3.8) is 0 Å². The Labute approximate surface area is 126 Å². The number of carbonyl (C=O) groups excluding carboxylic acids is 1. The van der Waals surface area contributed by atoms with Gasteiger partial charge in [-0.05, 0) is 34.6 Å². The topological polar surface area (TPSA) is 107 Å². The molecular formula is C13H21N3O6. The highest BCUT2D eigenvalue weighted by Gasteiger charge is 2.46. The van der Waals surface area contributed by atoms with Gasteiger partial charge in [-0.3, -0.25) is 4.90 Å². The van der Waals surface area contributed by atoms with E-state index in [2.05, 4.69) is 0 Å². The molecule has 1 amide bonds. The molecular weight excluding hydrogens is 294 g/mol. The van der Waals surface area contributed by atoms with Crippen LogP contribution in [0.1, 0.15) is 34.6 Å². The van der Waals surface area contributed by atoms with Crippen LogP contribution in [0.15, 0.2) is 14.1 Å². The number of ether oxygens (including phenoxy) is 2. The number of amides is 1. The Morgan fingerprint density at radius 1 is 1.41 bits per heavy atom. The lowest BCUT2D eigenvalue weighted by molar-refractivity contribution is -0.0635. The Morgan fingerprint density at radius 2 is 2.05 bits per heavy atom. The lowest BCUT2D eigenvalue weighted by atomic mass is 10.2. The van der Waals surface area contributed by atoms with Crippen molar-refractivity contribution in [1.82, 2.24) is 14.6 Å². The summed E-state index contributed by atoms with van der Waals surface area (Å²) in [5, 5.41) is 0. The lowest BCUT2D eigenvalue weighted by Crippen LogP contribution is -2.51. The van der Waals surface area contributed by atoms with Gasteiger partial charge < -0.3 is 14.0 Å². The molecule has 2 heterocycles. The summed E-state index contributed by atoms with van der Waals surface area (Å²) in [6.45, 7) is 8.95. The number of rotatable bonds is 2. The van der Waals surface area contributed by atoms with Crippen molar-refractivity contribution < 1.29 is 18.8 Å². The summed E-state index contributed by atoms with van der Waals surface area (Å²) in [6, 6.07) is -0.485. The molecule has 1 atom stereocenters. The van der Waals surface area contributed by atoms with Crippen LogP contribution in [0.3, 0.4) is 0 Å². The van der Waals surface area contributed by atoms with Crippen molar-refractivity contribution in [1.29, 1.82) is 0 Å². The van der Waals surface area contributed by atoms with Crippen molar-refractivity contribution >= 4 is 6.09 Å². The van der Waals surface area contributed by atoms with Gasteiger partial charge in [-0.1, -0.05) is 0 Å². The van der Waals surface area contributed by atoms with Gasteiger partial charge in [0.25, 0.3) is 0 Å². The number of H-pyrrole nitrogens is 1. The maximum Gasteiger partial charge on any atom is 0.440 e. The Kier molecular flexibility index (Phi) is 3.94. The van der Waals surface area contributed by atoms with Gasteiger partial charge in [0, 0.05) is 0 Å². The molecule has 0 saturated carbocycles. The van der Waals surface area contributed by atoms with Crippen LogP contribution in [0.25, 0.3) is 0 Å². The van der Waals surface area contributed by atoms with Gasteiger partial charge in [0.15, 0.2) is 0 Å². The predicted octanol–water partition coefficient (Wildman–Crippen LogP) is 0.502. The van der Waals surface area contributed by atoms with Gasteiger partial charge in [-0.2, -0.15) is 0 Å². The summed E-state index contributed by atoms with van der Waals surface area (Å²) in [6.07, 6.45) is -0.550. The first-order valence-corrected chi connectivity index (χ1v) is 6.96. The van der Waals surface area contributed by atoms with E-state index in [1.54, 1.807) is 34.6 Å². The summed E-state index contributed by atoms with van der Waals surface area (Å²) in [5.74, 6) is -0.841. The summed E-state index contributed by atoms with van der Waals surface area (Å²) < 4.78 is 16.6. The number of aromatic nitrogens is 2. The van der Waals surface area contributed by atoms with E-state index in [0.29, 0.717) is 0 Å². The van der Waals surface area contributed by atoms with Gasteiger partial charge in [0.2, 0.25) is 0 Å². The quantitative estimate of drug-likeness (QED) is 0.851. The average molecular weight is 315 g/mol. The van der Waals surface area contributed by atoms with E-state index in [1.807, 2.05) is 4.98 Å². The summed E-state index contributed by atoms with van der Waals surface area (Å²) in [4.78, 5) is 38.4. The minimum absolute atomic E-state index is 0.000244. The van der Waals surface area contributed by atoms with Crippen molar-refractivity contribution in [3.05, 3.63) is 21.0 Å². The number of hydrogen-bond acceptors (Lipinski definition) is 6. The van der Waals surface area contributed by atoms with E-state index in [0.717, 1.165) is 4.74 Å². The minimum Gasteiger partial charge on any atom is -0.444 e. The molecule has 124 valence electrons. The first-order valence-electron chi connectivity index (χ1n) is 6.96. The third kappa shape index (κ3) is 3.41. The minimum atomic E-state index is -0.882. The average Bonchev–Trinajstić information content (AvgIpc) is 2.77. The number of nitrogens with zero attached hydrogens (tertiary/aromatic N) is 2. The van der Waals surface area contributed by atoms with E-state index in [1.165, 1.54) is 4.90 Å². The molecule has 0 radical (unpaired) electrons. The normalized spacial score (nSPS) is 21.1. The van der Waals surface area contributed by atoms with Crippen LogP contribution in [0.5, 0.6) is 0 Å².